The Balaban J connectivity index is 0.000000342. The van der Waals surface area contributed by atoms with Crippen molar-refractivity contribution in [1.82, 2.24) is 19.9 Å². The number of rotatable bonds is 3. The molecular weight excluding hydrogens is 667 g/mol. The van der Waals surface area contributed by atoms with E-state index in [2.05, 4.69) is 48.0 Å². The van der Waals surface area contributed by atoms with E-state index in [-0.39, 0.29) is 16.9 Å². The Morgan fingerprint density at radius 2 is 1.50 bits per heavy atom. The molecule has 18 heteroatoms. The predicted molar refractivity (Wildman–Crippen MR) is 156 cm³/mol. The molecule has 1 aliphatic heterocycles. The third-order valence-corrected chi connectivity index (χ3v) is 6.45. The number of hydrogen-bond acceptors (Lipinski definition) is 9. The zero-order chi connectivity index (χ0) is 33.8. The van der Waals surface area contributed by atoms with Crippen molar-refractivity contribution < 1.29 is 40.7 Å². The lowest BCUT2D eigenvalue weighted by atomic mass is 10.0. The minimum absolute atomic E-state index is 0.0324. The van der Waals surface area contributed by atoms with Crippen LogP contribution in [-0.2, 0) is 22.4 Å². The lowest BCUT2D eigenvalue weighted by molar-refractivity contribution is -0.193. The average molecular weight is 686 g/mol. The molecule has 0 unspecified atom stereocenters. The van der Waals surface area contributed by atoms with Gasteiger partial charge in [-0.05, 0) is 78.9 Å². The molecule has 10 nitrogen and oxygen atoms in total. The summed E-state index contributed by atoms with van der Waals surface area (Å²) in [6.07, 6.45) is -8.54. The fraction of sp³-hybridized carbons (Fsp3) is 0.179. The molecule has 3 N–H and O–H groups in total. The predicted octanol–water partition coefficient (Wildman–Crippen LogP) is 6.97. The Hall–Kier alpha value is -4.83. The lowest BCUT2D eigenvalue weighted by Gasteiger charge is -2.14. The third kappa shape index (κ3) is 8.88. The number of halogens is 8. The van der Waals surface area contributed by atoms with Gasteiger partial charge < -0.3 is 16.0 Å². The van der Waals surface area contributed by atoms with Crippen LogP contribution in [0.5, 0.6) is 0 Å². The van der Waals surface area contributed by atoms with E-state index < -0.39 is 23.9 Å². The van der Waals surface area contributed by atoms with Crippen LogP contribution in [0.1, 0.15) is 27.3 Å². The van der Waals surface area contributed by atoms with Gasteiger partial charge in [0.2, 0.25) is 11.2 Å². The first-order valence-corrected chi connectivity index (χ1v) is 13.6. The number of ketones is 2. The summed E-state index contributed by atoms with van der Waals surface area (Å²) in [6.45, 7) is 1.76. The van der Waals surface area contributed by atoms with Gasteiger partial charge in [0.25, 0.3) is 5.91 Å². The van der Waals surface area contributed by atoms with Crippen molar-refractivity contribution in [2.24, 2.45) is 0 Å². The van der Waals surface area contributed by atoms with E-state index >= 15 is 0 Å². The standard InChI is InChI=1S/C24H19Cl2N7O.C4F6O2/c1-13-9-20(32-23(26)28-13)22(34)31-19-8-7-17-11-15(19)6-5-14-3-2-4-16(10-14)30-24-27-12-18(25)21(29-17)33-24;5-3(6,7)1(11)2(12)4(8,9)10/h2-4,7-12H,5-6H2,1H3,(H,31,34)(H2,27,29,30,33);. The molecule has 2 aromatic heterocycles. The molecule has 240 valence electrons. The molecule has 1 amide bonds. The Bertz CT molecular complexity index is 1780. The molecule has 0 spiro atoms. The van der Waals surface area contributed by atoms with E-state index in [9.17, 15) is 40.7 Å². The number of nitrogens with one attached hydrogen (secondary N) is 3. The van der Waals surface area contributed by atoms with Crippen LogP contribution in [0.25, 0.3) is 0 Å². The van der Waals surface area contributed by atoms with Gasteiger partial charge in [-0.15, -0.1) is 0 Å². The number of anilines is 5. The van der Waals surface area contributed by atoms with Gasteiger partial charge in [0.1, 0.15) is 10.7 Å². The SMILES string of the molecule is Cc1cc(C(=O)Nc2ccc3cc2CCc2cccc(c2)Nc2ncc(Cl)c(n2)N3)nc(Cl)n1.O=C(C(=O)C(F)(F)F)C(F)(F)F. The Kier molecular flexibility index (Phi) is 10.1. The van der Waals surface area contributed by atoms with E-state index in [1.165, 1.54) is 0 Å². The van der Waals surface area contributed by atoms with E-state index in [0.717, 1.165) is 28.9 Å². The molecule has 46 heavy (non-hydrogen) atoms. The largest absolute Gasteiger partial charge is 0.458 e. The molecule has 5 rings (SSSR count). The maximum Gasteiger partial charge on any atom is 0.458 e. The first-order valence-electron chi connectivity index (χ1n) is 12.8. The summed E-state index contributed by atoms with van der Waals surface area (Å²) in [4.78, 5) is 49.0. The molecule has 3 heterocycles. The summed E-state index contributed by atoms with van der Waals surface area (Å²) in [5, 5.41) is 9.86. The second kappa shape index (κ2) is 13.7. The fourth-order valence-electron chi connectivity index (χ4n) is 3.96. The van der Waals surface area contributed by atoms with E-state index in [1.807, 2.05) is 30.3 Å². The smallest absolute Gasteiger partial charge is 0.339 e. The molecule has 6 bridgehead atoms. The van der Waals surface area contributed by atoms with Gasteiger partial charge in [-0.25, -0.2) is 15.0 Å². The van der Waals surface area contributed by atoms with Crippen molar-refractivity contribution in [2.45, 2.75) is 32.1 Å². The number of amides is 1. The molecule has 0 saturated carbocycles. The highest BCUT2D eigenvalue weighted by Crippen LogP contribution is 2.30. The molecule has 2 aromatic carbocycles. The molecule has 4 aromatic rings. The first-order chi connectivity index (χ1) is 21.5. The number of aromatic nitrogens is 4. The summed E-state index contributed by atoms with van der Waals surface area (Å²) in [6, 6.07) is 15.3. The number of carbonyl (C=O) groups is 3. The fourth-order valence-corrected chi connectivity index (χ4v) is 4.32. The quantitative estimate of drug-likeness (QED) is 0.119. The number of aryl methyl sites for hydroxylation is 3. The Morgan fingerprint density at radius 1 is 0.826 bits per heavy atom. The number of carbonyl (C=O) groups excluding carboxylic acids is 3. The van der Waals surface area contributed by atoms with E-state index in [0.29, 0.717) is 34.6 Å². The zero-order valence-corrected chi connectivity index (χ0v) is 24.7. The van der Waals surface area contributed by atoms with Gasteiger partial charge in [0.15, 0.2) is 5.82 Å². The van der Waals surface area contributed by atoms with Crippen molar-refractivity contribution >= 4 is 69.5 Å². The maximum atomic E-state index is 12.9. The normalized spacial score (nSPS) is 12.5. The van der Waals surface area contributed by atoms with Crippen LogP contribution < -0.4 is 16.0 Å². The Morgan fingerprint density at radius 3 is 2.15 bits per heavy atom. The highest BCUT2D eigenvalue weighted by atomic mass is 35.5. The second-order valence-electron chi connectivity index (χ2n) is 9.48. The summed E-state index contributed by atoms with van der Waals surface area (Å²) in [5.74, 6) is -6.26. The molecule has 0 fully saturated rings. The monoisotopic (exact) mass is 685 g/mol. The number of fused-ring (bicyclic) bond motifs is 6. The second-order valence-corrected chi connectivity index (χ2v) is 10.2. The van der Waals surface area contributed by atoms with Crippen molar-refractivity contribution in [3.8, 4) is 0 Å². The number of benzene rings is 2. The molecule has 0 atom stereocenters. The molecular formula is C28H19Cl2F6N7O3. The van der Waals surface area contributed by atoms with Crippen LogP contribution in [0, 0.1) is 6.92 Å². The van der Waals surface area contributed by atoms with E-state index in [1.54, 1.807) is 19.2 Å². The van der Waals surface area contributed by atoms with Gasteiger partial charge in [-0.1, -0.05) is 23.7 Å². The van der Waals surface area contributed by atoms with Crippen LogP contribution >= 0.6 is 23.2 Å². The maximum absolute atomic E-state index is 12.9. The third-order valence-electron chi connectivity index (χ3n) is 6.01. The summed E-state index contributed by atoms with van der Waals surface area (Å²) in [5.41, 5.74) is 5.24. The topological polar surface area (TPSA) is 139 Å². The summed E-state index contributed by atoms with van der Waals surface area (Å²) < 4.78 is 67.0. The van der Waals surface area contributed by atoms with Crippen LogP contribution in [-0.4, -0.2) is 49.8 Å². The molecule has 0 saturated heterocycles. The van der Waals surface area contributed by atoms with Gasteiger partial charge in [0, 0.05) is 22.8 Å². The molecule has 0 radical (unpaired) electrons. The number of nitrogens with zero attached hydrogens (tertiary/aromatic N) is 4. The van der Waals surface area contributed by atoms with Crippen molar-refractivity contribution in [2.75, 3.05) is 16.0 Å². The first kappa shape index (κ1) is 34.1. The van der Waals surface area contributed by atoms with Crippen molar-refractivity contribution in [3.05, 3.63) is 87.5 Å². The van der Waals surface area contributed by atoms with Crippen LogP contribution in [0.4, 0.5) is 55.2 Å². The Labute approximate surface area is 265 Å². The van der Waals surface area contributed by atoms with Gasteiger partial charge in [0.05, 0.1) is 6.20 Å². The lowest BCUT2D eigenvalue weighted by Crippen LogP contribution is -2.39. The van der Waals surface area contributed by atoms with Gasteiger partial charge >= 0.3 is 23.9 Å². The minimum atomic E-state index is -5.77. The van der Waals surface area contributed by atoms with E-state index in [4.69, 9.17) is 23.2 Å². The number of hydrogen-bond donors (Lipinski definition) is 3. The van der Waals surface area contributed by atoms with Gasteiger partial charge in [-0.3, -0.25) is 14.4 Å². The summed E-state index contributed by atoms with van der Waals surface area (Å²) in [7, 11) is 0. The van der Waals surface area contributed by atoms with Crippen molar-refractivity contribution in [1.29, 1.82) is 0 Å². The highest BCUT2D eigenvalue weighted by molar-refractivity contribution is 6.41. The van der Waals surface area contributed by atoms with Crippen LogP contribution in [0.2, 0.25) is 10.3 Å². The van der Waals surface area contributed by atoms with Crippen LogP contribution in [0.15, 0.2) is 54.7 Å². The summed E-state index contributed by atoms with van der Waals surface area (Å²) >= 11 is 12.3. The zero-order valence-electron chi connectivity index (χ0n) is 23.1. The number of alkyl halides is 6. The highest BCUT2D eigenvalue weighted by Gasteiger charge is 2.54. The van der Waals surface area contributed by atoms with Crippen LogP contribution in [0.3, 0.4) is 0 Å². The average Bonchev–Trinajstić information content (AvgIpc) is 2.97. The van der Waals surface area contributed by atoms with Gasteiger partial charge in [-0.2, -0.15) is 31.3 Å². The van der Waals surface area contributed by atoms with Crippen molar-refractivity contribution in [3.63, 3.8) is 0 Å². The molecule has 0 aliphatic carbocycles. The minimum Gasteiger partial charge on any atom is -0.339 e. The number of Topliss-reactive ketones (excluding diaryl/α,β-unsaturated/α-hetero) is 2. The molecule has 1 aliphatic rings.